The monoisotopic (exact) mass is 285 g/mol. The molecule has 0 saturated heterocycles. The molecule has 1 atom stereocenters. The Kier molecular flexibility index (Phi) is 3.35. The summed E-state index contributed by atoms with van der Waals surface area (Å²) in [5, 5.41) is 5.44. The van der Waals surface area contributed by atoms with Gasteiger partial charge in [-0.3, -0.25) is 9.78 Å². The van der Waals surface area contributed by atoms with Crippen LogP contribution in [-0.2, 0) is 9.53 Å². The van der Waals surface area contributed by atoms with Gasteiger partial charge in [-0.1, -0.05) is 0 Å². The van der Waals surface area contributed by atoms with Crippen LogP contribution in [0.25, 0.3) is 0 Å². The van der Waals surface area contributed by atoms with Gasteiger partial charge in [0.2, 0.25) is 18.0 Å². The second-order valence-corrected chi connectivity index (χ2v) is 4.53. The van der Waals surface area contributed by atoms with E-state index in [1.165, 1.54) is 24.1 Å². The quantitative estimate of drug-likeness (QED) is 0.851. The van der Waals surface area contributed by atoms with Crippen molar-refractivity contribution in [2.75, 3.05) is 0 Å². The van der Waals surface area contributed by atoms with Gasteiger partial charge in [-0.05, 0) is 36.4 Å². The Morgan fingerprint density at radius 2 is 1.86 bits per heavy atom. The van der Waals surface area contributed by atoms with Crippen LogP contribution in [0.3, 0.4) is 0 Å². The van der Waals surface area contributed by atoms with Crippen LogP contribution in [0.4, 0.5) is 4.39 Å². The molecule has 0 fully saturated rings. The fourth-order valence-corrected chi connectivity index (χ4v) is 2.02. The molecule has 0 spiro atoms. The van der Waals surface area contributed by atoms with Gasteiger partial charge in [0.15, 0.2) is 0 Å². The Morgan fingerprint density at radius 1 is 1.19 bits per heavy atom. The van der Waals surface area contributed by atoms with Gasteiger partial charge in [-0.2, -0.15) is 5.01 Å². The number of benzene rings is 1. The first-order valence-electron chi connectivity index (χ1n) is 6.36. The van der Waals surface area contributed by atoms with E-state index in [2.05, 4.69) is 10.1 Å². The topological polar surface area (TPSA) is 54.8 Å². The van der Waals surface area contributed by atoms with Gasteiger partial charge in [0, 0.05) is 30.4 Å². The van der Waals surface area contributed by atoms with E-state index in [-0.39, 0.29) is 17.6 Å². The average Bonchev–Trinajstić information content (AvgIpc) is 2.94. The second kappa shape index (κ2) is 5.32. The van der Waals surface area contributed by atoms with E-state index in [0.717, 1.165) is 5.56 Å². The number of halogens is 1. The third-order valence-electron chi connectivity index (χ3n) is 3.05. The number of hydrazone groups is 1. The van der Waals surface area contributed by atoms with Crippen molar-refractivity contribution in [3.8, 4) is 0 Å². The molecule has 3 rings (SSSR count). The Morgan fingerprint density at radius 3 is 2.48 bits per heavy atom. The predicted octanol–water partition coefficient (Wildman–Crippen LogP) is 2.46. The number of hydrogen-bond acceptors (Lipinski definition) is 4. The van der Waals surface area contributed by atoms with E-state index in [4.69, 9.17) is 4.74 Å². The lowest BCUT2D eigenvalue weighted by Crippen LogP contribution is -2.25. The summed E-state index contributed by atoms with van der Waals surface area (Å²) < 4.78 is 18.7. The normalized spacial score (nSPS) is 17.3. The summed E-state index contributed by atoms with van der Waals surface area (Å²) in [6.07, 6.45) is 2.60. The van der Waals surface area contributed by atoms with Crippen LogP contribution >= 0.6 is 0 Å². The molecule has 2 aromatic rings. The lowest BCUT2D eigenvalue weighted by molar-refractivity contribution is -0.135. The summed E-state index contributed by atoms with van der Waals surface area (Å²) in [6.45, 7) is 1.41. The van der Waals surface area contributed by atoms with Crippen molar-refractivity contribution in [2.45, 2.75) is 13.2 Å². The molecule has 5 nitrogen and oxygen atoms in total. The number of carbonyl (C=O) groups excluding carboxylic acids is 1. The lowest BCUT2D eigenvalue weighted by Gasteiger charge is -2.18. The Hall–Kier alpha value is -2.76. The molecule has 6 heteroatoms. The highest BCUT2D eigenvalue weighted by Gasteiger charge is 2.32. The molecule has 1 unspecified atom stereocenters. The van der Waals surface area contributed by atoms with Gasteiger partial charge in [-0.25, -0.2) is 4.39 Å². The number of carbonyl (C=O) groups is 1. The van der Waals surface area contributed by atoms with Crippen molar-refractivity contribution in [2.24, 2.45) is 5.10 Å². The number of amides is 1. The van der Waals surface area contributed by atoms with Crippen molar-refractivity contribution >= 4 is 11.8 Å². The summed E-state index contributed by atoms with van der Waals surface area (Å²) in [5.74, 6) is -0.299. The molecule has 1 aromatic heterocycles. The highest BCUT2D eigenvalue weighted by molar-refractivity contribution is 5.96. The van der Waals surface area contributed by atoms with E-state index < -0.39 is 6.23 Å². The SMILES string of the molecule is CC(=O)N1N=C(c2ccc(F)cc2)OC1c1ccncc1. The van der Waals surface area contributed by atoms with Gasteiger partial charge in [0.05, 0.1) is 0 Å². The number of aromatic nitrogens is 1. The van der Waals surface area contributed by atoms with Crippen LogP contribution in [0, 0.1) is 5.82 Å². The van der Waals surface area contributed by atoms with E-state index in [0.29, 0.717) is 5.56 Å². The molecule has 1 amide bonds. The van der Waals surface area contributed by atoms with Crippen LogP contribution in [0.1, 0.15) is 24.3 Å². The fourth-order valence-electron chi connectivity index (χ4n) is 2.02. The second-order valence-electron chi connectivity index (χ2n) is 4.53. The lowest BCUT2D eigenvalue weighted by atomic mass is 10.2. The van der Waals surface area contributed by atoms with Crippen LogP contribution in [0.15, 0.2) is 53.9 Å². The highest BCUT2D eigenvalue weighted by Crippen LogP contribution is 2.29. The maximum absolute atomic E-state index is 13.0. The van der Waals surface area contributed by atoms with Crippen molar-refractivity contribution in [1.29, 1.82) is 0 Å². The molecular formula is C15H12FN3O2. The van der Waals surface area contributed by atoms with Gasteiger partial charge in [0.25, 0.3) is 0 Å². The predicted molar refractivity (Wildman–Crippen MR) is 73.5 cm³/mol. The van der Waals surface area contributed by atoms with E-state index in [1.54, 1.807) is 36.7 Å². The molecule has 1 aromatic carbocycles. The first-order chi connectivity index (χ1) is 10.1. The molecule has 21 heavy (non-hydrogen) atoms. The van der Waals surface area contributed by atoms with Crippen molar-refractivity contribution in [3.05, 3.63) is 65.7 Å². The number of hydrogen-bond donors (Lipinski definition) is 0. The first kappa shape index (κ1) is 13.2. The molecule has 0 saturated carbocycles. The van der Waals surface area contributed by atoms with Gasteiger partial charge < -0.3 is 4.74 Å². The third-order valence-corrected chi connectivity index (χ3v) is 3.05. The number of pyridine rings is 1. The maximum atomic E-state index is 13.0. The Bertz CT molecular complexity index is 686. The molecule has 0 N–H and O–H groups in total. The molecule has 1 aliphatic rings. The molecule has 1 aliphatic heterocycles. The third kappa shape index (κ3) is 2.60. The minimum atomic E-state index is -0.634. The van der Waals surface area contributed by atoms with E-state index >= 15 is 0 Å². The first-order valence-corrected chi connectivity index (χ1v) is 6.36. The number of nitrogens with zero attached hydrogens (tertiary/aromatic N) is 3. The zero-order valence-corrected chi connectivity index (χ0v) is 11.2. The molecule has 0 aliphatic carbocycles. The average molecular weight is 285 g/mol. The number of rotatable bonds is 2. The van der Waals surface area contributed by atoms with E-state index in [9.17, 15) is 9.18 Å². The molecule has 106 valence electrons. The van der Waals surface area contributed by atoms with Crippen molar-refractivity contribution in [1.82, 2.24) is 9.99 Å². The maximum Gasteiger partial charge on any atom is 0.243 e. The van der Waals surface area contributed by atoms with E-state index in [1.807, 2.05) is 0 Å². The number of ether oxygens (including phenoxy) is 1. The minimum Gasteiger partial charge on any atom is -0.446 e. The summed E-state index contributed by atoms with van der Waals surface area (Å²) >= 11 is 0. The standard InChI is InChI=1S/C15H12FN3O2/c1-10(20)19-15(12-6-8-17-9-7-12)21-14(18-19)11-2-4-13(16)5-3-11/h2-9,15H,1H3. The largest absolute Gasteiger partial charge is 0.446 e. The molecule has 0 radical (unpaired) electrons. The Labute approximate surface area is 120 Å². The fraction of sp³-hybridized carbons (Fsp3) is 0.133. The summed E-state index contributed by atoms with van der Waals surface area (Å²) in [6, 6.07) is 9.26. The summed E-state index contributed by atoms with van der Waals surface area (Å²) in [5.41, 5.74) is 1.38. The van der Waals surface area contributed by atoms with Crippen LogP contribution in [-0.4, -0.2) is 21.8 Å². The van der Waals surface area contributed by atoms with Crippen LogP contribution in [0.5, 0.6) is 0 Å². The molecular weight excluding hydrogens is 273 g/mol. The Balaban J connectivity index is 1.93. The molecule has 2 heterocycles. The summed E-state index contributed by atoms with van der Waals surface area (Å²) in [4.78, 5) is 15.7. The van der Waals surface area contributed by atoms with Crippen LogP contribution in [0.2, 0.25) is 0 Å². The molecule has 0 bridgehead atoms. The van der Waals surface area contributed by atoms with Crippen molar-refractivity contribution < 1.29 is 13.9 Å². The van der Waals surface area contributed by atoms with Crippen LogP contribution < -0.4 is 0 Å². The van der Waals surface area contributed by atoms with Gasteiger partial charge in [-0.15, -0.1) is 5.10 Å². The van der Waals surface area contributed by atoms with Crippen molar-refractivity contribution in [3.63, 3.8) is 0 Å². The van der Waals surface area contributed by atoms with Gasteiger partial charge in [0.1, 0.15) is 5.82 Å². The highest BCUT2D eigenvalue weighted by atomic mass is 19.1. The zero-order valence-electron chi connectivity index (χ0n) is 11.2. The minimum absolute atomic E-state index is 0.242. The zero-order chi connectivity index (χ0) is 14.8. The van der Waals surface area contributed by atoms with Gasteiger partial charge >= 0.3 is 0 Å². The summed E-state index contributed by atoms with van der Waals surface area (Å²) in [7, 11) is 0. The smallest absolute Gasteiger partial charge is 0.243 e.